The minimum atomic E-state index is -4.22. The fourth-order valence-corrected chi connectivity index (χ4v) is 5.73. The van der Waals surface area contributed by atoms with Gasteiger partial charge in [0.25, 0.3) is 5.91 Å². The second-order valence-corrected chi connectivity index (χ2v) is 12.1. The molecule has 0 aliphatic heterocycles. The summed E-state index contributed by atoms with van der Waals surface area (Å²) in [7, 11) is -2.94. The number of hydrogen-bond donors (Lipinski definition) is 1. The third-order valence-corrected chi connectivity index (χ3v) is 8.63. The first-order chi connectivity index (χ1) is 18.2. The lowest BCUT2D eigenvalue weighted by Gasteiger charge is -2.22. The van der Waals surface area contributed by atoms with E-state index in [1.54, 1.807) is 19.9 Å². The first-order valence-electron chi connectivity index (χ1n) is 11.2. The van der Waals surface area contributed by atoms with Crippen molar-refractivity contribution in [3.05, 3.63) is 91.6 Å². The maximum absolute atomic E-state index is 15.5. The summed E-state index contributed by atoms with van der Waals surface area (Å²) in [6.07, 6.45) is 2.45. The van der Waals surface area contributed by atoms with E-state index in [1.165, 1.54) is 31.4 Å². The van der Waals surface area contributed by atoms with E-state index >= 15 is 4.39 Å². The Morgan fingerprint density at radius 2 is 1.74 bits per heavy atom. The van der Waals surface area contributed by atoms with Crippen LogP contribution >= 0.6 is 39.1 Å². The van der Waals surface area contributed by atoms with Crippen molar-refractivity contribution in [3.63, 3.8) is 0 Å². The number of fused-ring (bicyclic) bond motifs is 1. The first kappa shape index (κ1) is 29.1. The molecule has 4 rings (SSSR count). The van der Waals surface area contributed by atoms with E-state index in [2.05, 4.69) is 20.9 Å². The van der Waals surface area contributed by atoms with Crippen LogP contribution in [0.1, 0.15) is 40.1 Å². The summed E-state index contributed by atoms with van der Waals surface area (Å²) in [4.78, 5) is 31.2. The van der Waals surface area contributed by atoms with Crippen molar-refractivity contribution in [1.29, 1.82) is 0 Å². The normalized spacial score (nSPS) is 11.9. The van der Waals surface area contributed by atoms with E-state index < -0.39 is 50.8 Å². The quantitative estimate of drug-likeness (QED) is 0.235. The van der Waals surface area contributed by atoms with Crippen molar-refractivity contribution in [2.24, 2.45) is 0 Å². The molecule has 2 heterocycles. The van der Waals surface area contributed by atoms with Crippen LogP contribution in [0, 0.1) is 11.6 Å². The van der Waals surface area contributed by atoms with Crippen molar-refractivity contribution >= 4 is 77.8 Å². The summed E-state index contributed by atoms with van der Waals surface area (Å²) in [5.41, 5.74) is -1.99. The molecule has 1 N–H and O–H groups in total. The third kappa shape index (κ3) is 5.44. The van der Waals surface area contributed by atoms with E-state index in [0.717, 1.165) is 27.2 Å². The standard InChI is InChI=1S/C25H19BrCl2F2N4O4S/c1-12(2)33(3)39(37,38)32-19-8-7-18(29)21(22(19)30)23(35)15-11-34(24-14(15)9-13(26)10-31-24)25(36)20-16(27)5-4-6-17(20)28/h4-12,32H,1-3H3. The molecule has 2 aromatic carbocycles. The molecule has 0 spiro atoms. The average Bonchev–Trinajstić information content (AvgIpc) is 3.23. The molecule has 0 aliphatic carbocycles. The molecule has 0 saturated carbocycles. The highest BCUT2D eigenvalue weighted by Crippen LogP contribution is 2.32. The maximum atomic E-state index is 15.5. The Hall–Kier alpha value is -2.90. The number of rotatable bonds is 7. The number of aromatic nitrogens is 2. The van der Waals surface area contributed by atoms with Crippen LogP contribution in [0.15, 0.2) is 53.3 Å². The average molecular weight is 660 g/mol. The molecule has 2 aromatic heterocycles. The second-order valence-electron chi connectivity index (χ2n) is 8.67. The van der Waals surface area contributed by atoms with E-state index in [9.17, 15) is 22.4 Å². The Morgan fingerprint density at radius 3 is 2.36 bits per heavy atom. The third-order valence-electron chi connectivity index (χ3n) is 5.91. The van der Waals surface area contributed by atoms with Gasteiger partial charge in [-0.2, -0.15) is 12.7 Å². The zero-order valence-electron chi connectivity index (χ0n) is 20.5. The smallest absolute Gasteiger partial charge is 0.288 e. The molecule has 0 radical (unpaired) electrons. The van der Waals surface area contributed by atoms with Gasteiger partial charge < -0.3 is 0 Å². The fourth-order valence-electron chi connectivity index (χ4n) is 3.70. The van der Waals surface area contributed by atoms with Gasteiger partial charge >= 0.3 is 10.2 Å². The molecule has 204 valence electrons. The van der Waals surface area contributed by atoms with Crippen LogP contribution in [-0.2, 0) is 10.2 Å². The molecule has 4 aromatic rings. The largest absolute Gasteiger partial charge is 0.301 e. The van der Waals surface area contributed by atoms with Crippen LogP contribution in [0.2, 0.25) is 10.0 Å². The first-order valence-corrected chi connectivity index (χ1v) is 14.2. The van der Waals surface area contributed by atoms with Gasteiger partial charge in [0.05, 0.1) is 32.4 Å². The summed E-state index contributed by atoms with van der Waals surface area (Å²) >= 11 is 15.6. The number of carbonyl (C=O) groups is 2. The summed E-state index contributed by atoms with van der Waals surface area (Å²) in [6.45, 7) is 3.21. The summed E-state index contributed by atoms with van der Waals surface area (Å²) in [5.74, 6) is -4.54. The molecule has 0 amide bonds. The van der Waals surface area contributed by atoms with Crippen LogP contribution in [0.25, 0.3) is 11.0 Å². The van der Waals surface area contributed by atoms with Crippen molar-refractivity contribution in [3.8, 4) is 0 Å². The summed E-state index contributed by atoms with van der Waals surface area (Å²) < 4.78 is 60.1. The van der Waals surface area contributed by atoms with Crippen LogP contribution < -0.4 is 4.72 Å². The molecular formula is C25H19BrCl2F2N4O4S. The highest BCUT2D eigenvalue weighted by Gasteiger charge is 2.30. The van der Waals surface area contributed by atoms with Crippen molar-refractivity contribution in [2.45, 2.75) is 19.9 Å². The molecule has 0 atom stereocenters. The molecule has 39 heavy (non-hydrogen) atoms. The molecule has 0 fully saturated rings. The number of benzene rings is 2. The minimum absolute atomic E-state index is 0.00114. The van der Waals surface area contributed by atoms with E-state index in [4.69, 9.17) is 23.2 Å². The van der Waals surface area contributed by atoms with Gasteiger partial charge in [0.15, 0.2) is 5.82 Å². The lowest BCUT2D eigenvalue weighted by molar-refractivity contribution is 0.0964. The van der Waals surface area contributed by atoms with E-state index in [0.29, 0.717) is 4.47 Å². The predicted molar refractivity (Wildman–Crippen MR) is 149 cm³/mol. The van der Waals surface area contributed by atoms with Crippen molar-refractivity contribution < 1.29 is 26.8 Å². The number of anilines is 1. The second kappa shape index (κ2) is 10.9. The van der Waals surface area contributed by atoms with Crippen LogP contribution in [0.3, 0.4) is 0 Å². The van der Waals surface area contributed by atoms with Gasteiger partial charge in [0, 0.05) is 35.3 Å². The minimum Gasteiger partial charge on any atom is -0.288 e. The molecular weight excluding hydrogens is 641 g/mol. The Balaban J connectivity index is 1.87. The molecule has 8 nitrogen and oxygen atoms in total. The van der Waals surface area contributed by atoms with Gasteiger partial charge in [-0.25, -0.2) is 13.8 Å². The molecule has 0 bridgehead atoms. The molecule has 0 unspecified atom stereocenters. The van der Waals surface area contributed by atoms with E-state index in [-0.39, 0.29) is 32.2 Å². The van der Waals surface area contributed by atoms with E-state index in [1.807, 2.05) is 4.72 Å². The number of ketones is 1. The van der Waals surface area contributed by atoms with Gasteiger partial charge in [-0.05, 0) is 60.1 Å². The van der Waals surface area contributed by atoms with Crippen LogP contribution in [0.4, 0.5) is 14.5 Å². The van der Waals surface area contributed by atoms with Gasteiger partial charge in [0.1, 0.15) is 11.5 Å². The summed E-state index contributed by atoms with van der Waals surface area (Å²) in [6, 6.07) is 7.09. The van der Waals surface area contributed by atoms with Crippen LogP contribution in [-0.4, -0.2) is 47.1 Å². The Labute approximate surface area is 240 Å². The number of carbonyl (C=O) groups excluding carboxylic acids is 2. The fraction of sp³-hybridized carbons (Fsp3) is 0.160. The molecule has 0 aliphatic rings. The summed E-state index contributed by atoms with van der Waals surface area (Å²) in [5, 5.41) is 0.181. The van der Waals surface area contributed by atoms with Gasteiger partial charge in [-0.15, -0.1) is 0 Å². The maximum Gasteiger partial charge on any atom is 0.301 e. The van der Waals surface area contributed by atoms with Gasteiger partial charge in [0.2, 0.25) is 5.78 Å². The van der Waals surface area contributed by atoms with Crippen LogP contribution in [0.5, 0.6) is 0 Å². The topological polar surface area (TPSA) is 101 Å². The SMILES string of the molecule is CC(C)N(C)S(=O)(=O)Nc1ccc(F)c(C(=O)c2cn(C(=O)c3c(Cl)cccc3Cl)c3ncc(Br)cc23)c1F. The zero-order chi connectivity index (χ0) is 28.8. The monoisotopic (exact) mass is 658 g/mol. The highest BCUT2D eigenvalue weighted by molar-refractivity contribution is 9.10. The number of nitrogens with one attached hydrogen (secondary N) is 1. The number of halogens is 5. The Kier molecular flexibility index (Phi) is 8.16. The van der Waals surface area contributed by atoms with Gasteiger partial charge in [-0.1, -0.05) is 29.3 Å². The highest BCUT2D eigenvalue weighted by atomic mass is 79.9. The number of hydrogen-bond acceptors (Lipinski definition) is 5. The number of nitrogens with zero attached hydrogens (tertiary/aromatic N) is 3. The predicted octanol–water partition coefficient (Wildman–Crippen LogP) is 6.30. The molecule has 0 saturated heterocycles. The number of pyridine rings is 1. The molecule has 14 heteroatoms. The van der Waals surface area contributed by atoms with Crippen molar-refractivity contribution in [2.75, 3.05) is 11.8 Å². The lowest BCUT2D eigenvalue weighted by atomic mass is 10.0. The van der Waals surface area contributed by atoms with Gasteiger partial charge in [-0.3, -0.25) is 18.9 Å². The lowest BCUT2D eigenvalue weighted by Crippen LogP contribution is -2.37. The Bertz CT molecular complexity index is 1740. The Morgan fingerprint density at radius 1 is 1.10 bits per heavy atom. The zero-order valence-corrected chi connectivity index (χ0v) is 24.4. The van der Waals surface area contributed by atoms with Crippen molar-refractivity contribution in [1.82, 2.24) is 13.9 Å².